The highest BCUT2D eigenvalue weighted by Crippen LogP contribution is 2.28. The van der Waals surface area contributed by atoms with Crippen LogP contribution in [0.4, 0.5) is 13.2 Å². The zero-order valence-electron chi connectivity index (χ0n) is 12.0. The van der Waals surface area contributed by atoms with E-state index in [1.807, 2.05) is 0 Å². The van der Waals surface area contributed by atoms with E-state index in [2.05, 4.69) is 4.98 Å². The van der Waals surface area contributed by atoms with Crippen LogP contribution in [-0.2, 0) is 16.0 Å². The van der Waals surface area contributed by atoms with E-state index >= 15 is 0 Å². The lowest BCUT2D eigenvalue weighted by molar-refractivity contribution is -0.141. The molecule has 0 aliphatic carbocycles. The first-order chi connectivity index (χ1) is 10.0. The maximum absolute atomic E-state index is 12.6. The fraction of sp³-hybridized carbons (Fsp3) is 0.538. The molecule has 1 unspecified atom stereocenters. The minimum Gasteiger partial charge on any atom is -0.338 e. The molecule has 1 aliphatic rings. The van der Waals surface area contributed by atoms with Crippen molar-refractivity contribution in [1.82, 2.24) is 9.88 Å². The van der Waals surface area contributed by atoms with Gasteiger partial charge in [-0.2, -0.15) is 13.2 Å². The Morgan fingerprint density at radius 3 is 2.45 bits per heavy atom. The fourth-order valence-electron chi connectivity index (χ4n) is 2.38. The molecule has 9 heteroatoms. The van der Waals surface area contributed by atoms with Gasteiger partial charge in [0.2, 0.25) is 0 Å². The average molecular weight is 336 g/mol. The quantitative estimate of drug-likeness (QED) is 0.824. The molecule has 2 heterocycles. The van der Waals surface area contributed by atoms with Gasteiger partial charge >= 0.3 is 6.18 Å². The van der Waals surface area contributed by atoms with E-state index in [0.717, 1.165) is 12.1 Å². The Morgan fingerprint density at radius 1 is 1.36 bits per heavy atom. The summed E-state index contributed by atoms with van der Waals surface area (Å²) >= 11 is 0. The lowest BCUT2D eigenvalue weighted by Gasteiger charge is -2.24. The van der Waals surface area contributed by atoms with Crippen molar-refractivity contribution in [1.29, 1.82) is 0 Å². The average Bonchev–Trinajstić information content (AvgIpc) is 2.76. The Kier molecular flexibility index (Phi) is 4.20. The molecule has 22 heavy (non-hydrogen) atoms. The van der Waals surface area contributed by atoms with Gasteiger partial charge in [-0.25, -0.2) is 13.4 Å². The van der Waals surface area contributed by atoms with Gasteiger partial charge in [0, 0.05) is 13.1 Å². The lowest BCUT2D eigenvalue weighted by atomic mass is 10.1. The molecule has 0 saturated carbocycles. The number of hydrogen-bond donors (Lipinski definition) is 0. The van der Waals surface area contributed by atoms with Crippen LogP contribution in [0.3, 0.4) is 0 Å². The lowest BCUT2D eigenvalue weighted by Crippen LogP contribution is -2.38. The number of aromatic nitrogens is 1. The Hall–Kier alpha value is -1.64. The van der Waals surface area contributed by atoms with Crippen LogP contribution >= 0.6 is 0 Å². The molecule has 122 valence electrons. The first-order valence-electron chi connectivity index (χ1n) is 6.54. The highest BCUT2D eigenvalue weighted by molar-refractivity contribution is 7.91. The normalized spacial score (nSPS) is 20.9. The highest BCUT2D eigenvalue weighted by atomic mass is 32.2. The Labute approximate surface area is 126 Å². The summed E-state index contributed by atoms with van der Waals surface area (Å²) in [6.07, 6.45) is -4.24. The fourth-order valence-corrected chi connectivity index (χ4v) is 4.16. The predicted molar refractivity (Wildman–Crippen MR) is 73.1 cm³/mol. The van der Waals surface area contributed by atoms with Gasteiger partial charge in [-0.05, 0) is 25.5 Å². The highest BCUT2D eigenvalue weighted by Gasteiger charge is 2.35. The van der Waals surface area contributed by atoms with Crippen molar-refractivity contribution in [3.8, 4) is 0 Å². The Balaban J connectivity index is 2.23. The van der Waals surface area contributed by atoms with Crippen molar-refractivity contribution >= 4 is 15.7 Å². The third-order valence-corrected chi connectivity index (χ3v) is 5.43. The Morgan fingerprint density at radius 2 is 2.00 bits per heavy atom. The van der Waals surface area contributed by atoms with E-state index in [4.69, 9.17) is 0 Å². The number of carbonyl (C=O) groups is 1. The van der Waals surface area contributed by atoms with E-state index < -0.39 is 33.7 Å². The molecule has 5 nitrogen and oxygen atoms in total. The number of carbonyl (C=O) groups excluding carboxylic acids is 1. The van der Waals surface area contributed by atoms with Crippen molar-refractivity contribution < 1.29 is 26.4 Å². The van der Waals surface area contributed by atoms with Crippen LogP contribution in [0.15, 0.2) is 12.1 Å². The molecule has 0 bridgehead atoms. The standard InChI is InChI=1S/C13H15F3N2O3S/c1-8-10(3-4-11(17-8)13(14,15)16)12(19)18(2)9-5-6-22(20,21)7-9/h3-4,9H,5-7H2,1-2H3. The van der Waals surface area contributed by atoms with Crippen LogP contribution in [0.1, 0.15) is 28.2 Å². The van der Waals surface area contributed by atoms with E-state index in [1.54, 1.807) is 0 Å². The van der Waals surface area contributed by atoms with Crippen molar-refractivity contribution in [2.75, 3.05) is 18.6 Å². The SMILES string of the molecule is Cc1nc(C(F)(F)F)ccc1C(=O)N(C)C1CCS(=O)(=O)C1. The molecule has 2 rings (SSSR count). The molecule has 0 spiro atoms. The molecular weight excluding hydrogens is 321 g/mol. The van der Waals surface area contributed by atoms with Gasteiger partial charge in [-0.3, -0.25) is 4.79 Å². The smallest absolute Gasteiger partial charge is 0.338 e. The summed E-state index contributed by atoms with van der Waals surface area (Å²) in [7, 11) is -1.70. The van der Waals surface area contributed by atoms with Gasteiger partial charge in [0.15, 0.2) is 9.84 Å². The van der Waals surface area contributed by atoms with E-state index in [0.29, 0.717) is 6.42 Å². The van der Waals surface area contributed by atoms with Crippen LogP contribution in [0.25, 0.3) is 0 Å². The van der Waals surface area contributed by atoms with Crippen molar-refractivity contribution in [2.45, 2.75) is 25.6 Å². The first kappa shape index (κ1) is 16.7. The largest absolute Gasteiger partial charge is 0.433 e. The molecule has 1 aromatic rings. The summed E-state index contributed by atoms with van der Waals surface area (Å²) in [5, 5.41) is 0. The van der Waals surface area contributed by atoms with E-state index in [1.165, 1.54) is 18.9 Å². The number of rotatable bonds is 2. The van der Waals surface area contributed by atoms with Gasteiger partial charge in [-0.1, -0.05) is 0 Å². The summed E-state index contributed by atoms with van der Waals surface area (Å²) < 4.78 is 60.6. The molecule has 1 fully saturated rings. The van der Waals surface area contributed by atoms with Crippen LogP contribution in [0.2, 0.25) is 0 Å². The summed E-state index contributed by atoms with van der Waals surface area (Å²) in [5.41, 5.74) is -1.06. The van der Waals surface area contributed by atoms with Gasteiger partial charge < -0.3 is 4.90 Å². The second kappa shape index (κ2) is 5.53. The number of hydrogen-bond acceptors (Lipinski definition) is 4. The summed E-state index contributed by atoms with van der Waals surface area (Å²) in [4.78, 5) is 17.0. The minimum absolute atomic E-state index is 0.0134. The molecule has 0 aromatic carbocycles. The number of nitrogens with zero attached hydrogens (tertiary/aromatic N) is 2. The topological polar surface area (TPSA) is 67.3 Å². The third-order valence-electron chi connectivity index (χ3n) is 3.68. The number of pyridine rings is 1. The molecule has 1 saturated heterocycles. The monoisotopic (exact) mass is 336 g/mol. The zero-order chi connectivity index (χ0) is 16.7. The van der Waals surface area contributed by atoms with Crippen molar-refractivity contribution in [3.63, 3.8) is 0 Å². The second-order valence-corrected chi connectivity index (χ2v) is 7.53. The van der Waals surface area contributed by atoms with E-state index in [9.17, 15) is 26.4 Å². The van der Waals surface area contributed by atoms with Gasteiger partial charge in [-0.15, -0.1) is 0 Å². The zero-order valence-corrected chi connectivity index (χ0v) is 12.8. The summed E-state index contributed by atoms with van der Waals surface area (Å²) in [6.45, 7) is 1.32. The molecular formula is C13H15F3N2O3S. The predicted octanol–water partition coefficient (Wildman–Crippen LogP) is 1.67. The number of aryl methyl sites for hydroxylation is 1. The van der Waals surface area contributed by atoms with Crippen LogP contribution in [0, 0.1) is 6.92 Å². The molecule has 1 atom stereocenters. The van der Waals surface area contributed by atoms with Crippen LogP contribution < -0.4 is 0 Å². The number of halogens is 3. The molecule has 0 radical (unpaired) electrons. The summed E-state index contributed by atoms with van der Waals surface area (Å²) in [5.74, 6) is -0.636. The Bertz CT molecular complexity index is 701. The maximum atomic E-state index is 12.6. The van der Waals surface area contributed by atoms with Gasteiger partial charge in [0.1, 0.15) is 5.69 Å². The third kappa shape index (κ3) is 3.40. The molecule has 1 amide bonds. The number of sulfone groups is 1. The number of alkyl halides is 3. The van der Waals surface area contributed by atoms with Crippen LogP contribution in [0.5, 0.6) is 0 Å². The molecule has 0 N–H and O–H groups in total. The van der Waals surface area contributed by atoms with Gasteiger partial charge in [0.25, 0.3) is 5.91 Å². The maximum Gasteiger partial charge on any atom is 0.433 e. The molecule has 1 aliphatic heterocycles. The van der Waals surface area contributed by atoms with Crippen molar-refractivity contribution in [3.05, 3.63) is 29.1 Å². The minimum atomic E-state index is -4.57. The van der Waals surface area contributed by atoms with Gasteiger partial charge in [0.05, 0.1) is 22.8 Å². The second-order valence-electron chi connectivity index (χ2n) is 5.30. The van der Waals surface area contributed by atoms with E-state index in [-0.39, 0.29) is 22.8 Å². The number of amides is 1. The van der Waals surface area contributed by atoms with Crippen LogP contribution in [-0.4, -0.2) is 48.8 Å². The first-order valence-corrected chi connectivity index (χ1v) is 8.36. The van der Waals surface area contributed by atoms with Crippen molar-refractivity contribution in [2.24, 2.45) is 0 Å². The molecule has 1 aromatic heterocycles. The summed E-state index contributed by atoms with van der Waals surface area (Å²) in [6, 6.07) is 1.37.